The molecular formula is C26H26F3N7OS. The quantitative estimate of drug-likeness (QED) is 0.408. The number of nitrogens with one attached hydrogen (secondary N) is 3. The Bertz CT molecular complexity index is 1400. The van der Waals surface area contributed by atoms with Gasteiger partial charge < -0.3 is 20.9 Å². The van der Waals surface area contributed by atoms with Crippen molar-refractivity contribution in [3.8, 4) is 11.3 Å². The van der Waals surface area contributed by atoms with E-state index in [0.29, 0.717) is 45.3 Å². The van der Waals surface area contributed by atoms with Crippen LogP contribution in [0, 0.1) is 6.92 Å². The summed E-state index contributed by atoms with van der Waals surface area (Å²) in [4.78, 5) is 28.8. The standard InChI is InChI=1S/C26H26F3N7OS/c1-14-19(5-6-20(31-14)24(37)32-17-7-9-36(2)10-8-17)34-25-30-13-15-11-22(38)33-21-12-16(26(27,28)29)3-4-18(21)23(15)35-25/h3-6,12-13,17H,7-11H2,1-2H3,(H,32,37)(H,33,38)(H,30,34,35). The molecule has 0 aliphatic carbocycles. The lowest BCUT2D eigenvalue weighted by Gasteiger charge is -2.29. The number of fused-ring (bicyclic) bond motifs is 3. The van der Waals surface area contributed by atoms with Gasteiger partial charge in [0, 0.05) is 35.5 Å². The number of alkyl halides is 3. The van der Waals surface area contributed by atoms with E-state index < -0.39 is 11.7 Å². The van der Waals surface area contributed by atoms with Gasteiger partial charge in [-0.25, -0.2) is 15.0 Å². The Labute approximate surface area is 223 Å². The van der Waals surface area contributed by atoms with Crippen molar-refractivity contribution in [2.75, 3.05) is 30.8 Å². The third-order valence-corrected chi connectivity index (χ3v) is 6.96. The second kappa shape index (κ2) is 10.3. The first-order valence-electron chi connectivity index (χ1n) is 12.2. The molecule has 2 aliphatic rings. The lowest BCUT2D eigenvalue weighted by atomic mass is 10.0. The number of benzene rings is 1. The lowest BCUT2D eigenvalue weighted by Crippen LogP contribution is -2.43. The summed E-state index contributed by atoms with van der Waals surface area (Å²) in [6, 6.07) is 6.95. The van der Waals surface area contributed by atoms with Crippen molar-refractivity contribution >= 4 is 40.4 Å². The minimum absolute atomic E-state index is 0.129. The summed E-state index contributed by atoms with van der Waals surface area (Å²) in [7, 11) is 2.07. The molecule has 2 aromatic heterocycles. The highest BCUT2D eigenvalue weighted by atomic mass is 32.1. The number of hydrogen-bond acceptors (Lipinski definition) is 7. The average molecular weight is 542 g/mol. The number of aryl methyl sites for hydroxylation is 1. The van der Waals surface area contributed by atoms with Crippen LogP contribution < -0.4 is 16.0 Å². The zero-order chi connectivity index (χ0) is 27.0. The second-order valence-electron chi connectivity index (χ2n) is 9.56. The van der Waals surface area contributed by atoms with Gasteiger partial charge in [-0.2, -0.15) is 13.2 Å². The van der Waals surface area contributed by atoms with Crippen molar-refractivity contribution in [3.05, 3.63) is 59.0 Å². The summed E-state index contributed by atoms with van der Waals surface area (Å²) in [5.74, 6) is 0.0321. The van der Waals surface area contributed by atoms with Gasteiger partial charge in [0.05, 0.1) is 27.6 Å². The van der Waals surface area contributed by atoms with E-state index in [1.807, 2.05) is 0 Å². The maximum Gasteiger partial charge on any atom is 0.416 e. The van der Waals surface area contributed by atoms with Crippen LogP contribution in [0.2, 0.25) is 0 Å². The SMILES string of the molecule is Cc1nc(C(=O)NC2CCN(C)CC2)ccc1Nc1ncc2c(n1)-c1ccc(C(F)(F)F)cc1NC(=S)C2. The van der Waals surface area contributed by atoms with Crippen LogP contribution in [0.25, 0.3) is 11.3 Å². The number of pyridine rings is 1. The molecule has 0 radical (unpaired) electrons. The largest absolute Gasteiger partial charge is 0.416 e. The normalized spacial score (nSPS) is 16.2. The number of hydrogen-bond donors (Lipinski definition) is 3. The van der Waals surface area contributed by atoms with Crippen molar-refractivity contribution in [2.45, 2.75) is 38.4 Å². The minimum Gasteiger partial charge on any atom is -0.349 e. The van der Waals surface area contributed by atoms with Crippen LogP contribution in [-0.2, 0) is 12.6 Å². The molecule has 5 rings (SSSR count). The molecule has 0 atom stereocenters. The third kappa shape index (κ3) is 5.60. The maximum absolute atomic E-state index is 13.3. The monoisotopic (exact) mass is 541 g/mol. The molecule has 0 bridgehead atoms. The predicted molar refractivity (Wildman–Crippen MR) is 143 cm³/mol. The van der Waals surface area contributed by atoms with Gasteiger partial charge >= 0.3 is 6.18 Å². The predicted octanol–water partition coefficient (Wildman–Crippen LogP) is 4.73. The van der Waals surface area contributed by atoms with Crippen LogP contribution in [0.5, 0.6) is 0 Å². The number of rotatable bonds is 4. The molecule has 1 amide bonds. The summed E-state index contributed by atoms with van der Waals surface area (Å²) in [5.41, 5.74) is 2.65. The average Bonchev–Trinajstić information content (AvgIpc) is 3.00. The number of aromatic nitrogens is 3. The van der Waals surface area contributed by atoms with E-state index in [4.69, 9.17) is 12.2 Å². The molecule has 1 aromatic carbocycles. The van der Waals surface area contributed by atoms with Gasteiger partial charge in [0.2, 0.25) is 5.95 Å². The Morgan fingerprint density at radius 2 is 1.92 bits per heavy atom. The maximum atomic E-state index is 13.3. The molecule has 2 aliphatic heterocycles. The van der Waals surface area contributed by atoms with Crippen molar-refractivity contribution in [1.29, 1.82) is 0 Å². The number of thiocarbonyl (C=S) groups is 1. The Balaban J connectivity index is 1.37. The number of amides is 1. The van der Waals surface area contributed by atoms with E-state index in [2.05, 4.69) is 42.8 Å². The van der Waals surface area contributed by atoms with E-state index in [9.17, 15) is 18.0 Å². The first kappa shape index (κ1) is 26.0. The lowest BCUT2D eigenvalue weighted by molar-refractivity contribution is -0.137. The van der Waals surface area contributed by atoms with E-state index in [1.54, 1.807) is 25.3 Å². The number of carbonyl (C=O) groups is 1. The topological polar surface area (TPSA) is 95.1 Å². The first-order chi connectivity index (χ1) is 18.1. The van der Waals surface area contributed by atoms with Gasteiger partial charge in [0.15, 0.2) is 0 Å². The number of carbonyl (C=O) groups excluding carboxylic acids is 1. The molecule has 1 fully saturated rings. The molecule has 38 heavy (non-hydrogen) atoms. The van der Waals surface area contributed by atoms with Crippen LogP contribution in [-0.4, -0.2) is 56.9 Å². The van der Waals surface area contributed by atoms with Gasteiger partial charge in [-0.05, 0) is 64.2 Å². The van der Waals surface area contributed by atoms with Gasteiger partial charge in [-0.1, -0.05) is 18.3 Å². The smallest absolute Gasteiger partial charge is 0.349 e. The number of anilines is 3. The van der Waals surface area contributed by atoms with Crippen molar-refractivity contribution in [2.24, 2.45) is 0 Å². The molecule has 0 saturated carbocycles. The van der Waals surface area contributed by atoms with Crippen LogP contribution in [0.3, 0.4) is 0 Å². The zero-order valence-corrected chi connectivity index (χ0v) is 21.6. The summed E-state index contributed by atoms with van der Waals surface area (Å²) < 4.78 is 39.8. The van der Waals surface area contributed by atoms with E-state index in [-0.39, 0.29) is 23.6 Å². The fraction of sp³-hybridized carbons (Fsp3) is 0.346. The van der Waals surface area contributed by atoms with Gasteiger partial charge in [-0.3, -0.25) is 4.79 Å². The Hall–Kier alpha value is -3.64. The highest BCUT2D eigenvalue weighted by Gasteiger charge is 2.32. The fourth-order valence-corrected chi connectivity index (χ4v) is 4.85. The molecule has 1 saturated heterocycles. The highest BCUT2D eigenvalue weighted by molar-refractivity contribution is 7.80. The van der Waals surface area contributed by atoms with E-state index in [0.717, 1.165) is 38.1 Å². The molecule has 198 valence electrons. The minimum atomic E-state index is -4.48. The van der Waals surface area contributed by atoms with Crippen molar-refractivity contribution in [3.63, 3.8) is 0 Å². The molecule has 8 nitrogen and oxygen atoms in total. The summed E-state index contributed by atoms with van der Waals surface area (Å²) in [6.45, 7) is 3.65. The fourth-order valence-electron chi connectivity index (χ4n) is 4.58. The highest BCUT2D eigenvalue weighted by Crippen LogP contribution is 2.38. The Morgan fingerprint density at radius 1 is 1.16 bits per heavy atom. The van der Waals surface area contributed by atoms with E-state index in [1.165, 1.54) is 6.07 Å². The van der Waals surface area contributed by atoms with E-state index >= 15 is 0 Å². The molecule has 12 heteroatoms. The summed E-state index contributed by atoms with van der Waals surface area (Å²) in [5, 5.41) is 9.08. The van der Waals surface area contributed by atoms with Crippen molar-refractivity contribution < 1.29 is 18.0 Å². The van der Waals surface area contributed by atoms with Crippen LogP contribution in [0.15, 0.2) is 36.5 Å². The molecule has 3 N–H and O–H groups in total. The molecule has 3 aromatic rings. The third-order valence-electron chi connectivity index (χ3n) is 6.71. The van der Waals surface area contributed by atoms with Gasteiger partial charge in [0.1, 0.15) is 5.69 Å². The van der Waals surface area contributed by atoms with Crippen molar-refractivity contribution in [1.82, 2.24) is 25.2 Å². The Kier molecular flexibility index (Phi) is 7.01. The van der Waals surface area contributed by atoms with Gasteiger partial charge in [0.25, 0.3) is 5.91 Å². The molecule has 4 heterocycles. The number of likely N-dealkylation sites (tertiary alicyclic amines) is 1. The number of nitrogens with zero attached hydrogens (tertiary/aromatic N) is 4. The number of piperidine rings is 1. The number of halogens is 3. The van der Waals surface area contributed by atoms with Crippen LogP contribution in [0.4, 0.5) is 30.5 Å². The van der Waals surface area contributed by atoms with Crippen LogP contribution >= 0.6 is 12.2 Å². The summed E-state index contributed by atoms with van der Waals surface area (Å²) >= 11 is 5.32. The van der Waals surface area contributed by atoms with Gasteiger partial charge in [-0.15, -0.1) is 0 Å². The zero-order valence-electron chi connectivity index (χ0n) is 20.8. The molecule has 0 spiro atoms. The summed E-state index contributed by atoms with van der Waals surface area (Å²) in [6.07, 6.45) is -0.776. The van der Waals surface area contributed by atoms with Crippen LogP contribution in [0.1, 0.15) is 40.2 Å². The molecular weight excluding hydrogens is 515 g/mol. The Morgan fingerprint density at radius 3 is 2.63 bits per heavy atom. The first-order valence-corrected chi connectivity index (χ1v) is 12.6. The molecule has 0 unspecified atom stereocenters. The second-order valence-corrected chi connectivity index (χ2v) is 10.0.